The van der Waals surface area contributed by atoms with Crippen molar-refractivity contribution in [3.8, 4) is 11.1 Å². The molecule has 32 heavy (non-hydrogen) atoms. The van der Waals surface area contributed by atoms with Gasteiger partial charge in [0.05, 0.1) is 0 Å². The van der Waals surface area contributed by atoms with Gasteiger partial charge in [0, 0.05) is 11.4 Å². The number of benzene rings is 2. The number of carboxylic acids is 2. The minimum Gasteiger partial charge on any atom is -0.480 e. The predicted molar refractivity (Wildman–Crippen MR) is 120 cm³/mol. The predicted octanol–water partition coefficient (Wildman–Crippen LogP) is 3.16. The van der Waals surface area contributed by atoms with Gasteiger partial charge in [-0.3, -0.25) is 9.59 Å². The zero-order valence-corrected chi connectivity index (χ0v) is 18.1. The highest BCUT2D eigenvalue weighted by Gasteiger charge is 2.16. The maximum atomic E-state index is 12.0. The maximum Gasteiger partial charge on any atom is 0.325 e. The molecule has 6 N–H and O–H groups in total. The largest absolute Gasteiger partial charge is 0.480 e. The maximum absolute atomic E-state index is 12.0. The van der Waals surface area contributed by atoms with Crippen LogP contribution in [0.4, 0.5) is 21.0 Å². The zero-order valence-electron chi connectivity index (χ0n) is 18.1. The van der Waals surface area contributed by atoms with Crippen molar-refractivity contribution in [1.29, 1.82) is 0 Å². The number of carboxylic acid groups (broad SMARTS) is 2. The van der Waals surface area contributed by atoms with Crippen molar-refractivity contribution in [3.05, 3.63) is 47.5 Å². The van der Waals surface area contributed by atoms with Crippen molar-refractivity contribution < 1.29 is 29.4 Å². The molecule has 0 heterocycles. The summed E-state index contributed by atoms with van der Waals surface area (Å²) in [6.45, 7) is 6.37. The SMILES string of the molecule is Cc1cc(-c2ccc(NC(=O)N[C@@H](C)C(=O)O)c(C)c2)ccc1NC(=O)N[C@@H](C)C(=O)O. The second-order valence-electron chi connectivity index (χ2n) is 7.38. The van der Waals surface area contributed by atoms with Gasteiger partial charge in [0.1, 0.15) is 12.1 Å². The molecule has 2 aromatic carbocycles. The summed E-state index contributed by atoms with van der Waals surface area (Å²) in [5.41, 5.74) is 4.41. The minimum atomic E-state index is -1.13. The number of amides is 4. The number of hydrogen-bond acceptors (Lipinski definition) is 4. The molecule has 0 spiro atoms. The van der Waals surface area contributed by atoms with Gasteiger partial charge in [-0.25, -0.2) is 9.59 Å². The fourth-order valence-electron chi connectivity index (χ4n) is 2.80. The lowest BCUT2D eigenvalue weighted by atomic mass is 10.00. The fraction of sp³-hybridized carbons (Fsp3) is 0.273. The first kappa shape index (κ1) is 24.2. The molecule has 0 radical (unpaired) electrons. The Kier molecular flexibility index (Phi) is 7.78. The first-order valence-corrected chi connectivity index (χ1v) is 9.80. The number of anilines is 2. The van der Waals surface area contributed by atoms with Crippen LogP contribution >= 0.6 is 0 Å². The third-order valence-corrected chi connectivity index (χ3v) is 4.72. The first-order valence-electron chi connectivity index (χ1n) is 9.80. The van der Waals surface area contributed by atoms with Crippen LogP contribution in [0.3, 0.4) is 0 Å². The molecule has 0 unspecified atom stereocenters. The Hall–Kier alpha value is -4.08. The summed E-state index contributed by atoms with van der Waals surface area (Å²) >= 11 is 0. The topological polar surface area (TPSA) is 157 Å². The van der Waals surface area contributed by atoms with Crippen molar-refractivity contribution >= 4 is 35.4 Å². The second kappa shape index (κ2) is 10.3. The van der Waals surface area contributed by atoms with E-state index in [9.17, 15) is 19.2 Å². The smallest absolute Gasteiger partial charge is 0.325 e. The summed E-state index contributed by atoms with van der Waals surface area (Å²) in [5.74, 6) is -2.26. The van der Waals surface area contributed by atoms with Gasteiger partial charge < -0.3 is 31.5 Å². The van der Waals surface area contributed by atoms with E-state index in [1.165, 1.54) is 13.8 Å². The van der Waals surface area contributed by atoms with Crippen LogP contribution in [0.5, 0.6) is 0 Å². The molecule has 10 nitrogen and oxygen atoms in total. The molecule has 0 saturated heterocycles. The van der Waals surface area contributed by atoms with E-state index in [0.717, 1.165) is 22.3 Å². The molecule has 0 aliphatic carbocycles. The number of nitrogens with one attached hydrogen (secondary N) is 4. The van der Waals surface area contributed by atoms with Crippen LogP contribution in [-0.2, 0) is 9.59 Å². The Morgan fingerprint density at radius 3 is 1.31 bits per heavy atom. The zero-order chi connectivity index (χ0) is 24.0. The molecular formula is C22H26N4O6. The monoisotopic (exact) mass is 442 g/mol. The highest BCUT2D eigenvalue weighted by molar-refractivity contribution is 5.94. The molecule has 0 aromatic heterocycles. The summed E-state index contributed by atoms with van der Waals surface area (Å²) in [5, 5.41) is 27.7. The van der Waals surface area contributed by atoms with E-state index in [1.807, 2.05) is 38.1 Å². The van der Waals surface area contributed by atoms with Crippen LogP contribution in [0.2, 0.25) is 0 Å². The third kappa shape index (κ3) is 6.46. The molecular weight excluding hydrogens is 416 g/mol. The van der Waals surface area contributed by atoms with Crippen LogP contribution in [0.1, 0.15) is 25.0 Å². The van der Waals surface area contributed by atoms with E-state index in [-0.39, 0.29) is 0 Å². The lowest BCUT2D eigenvalue weighted by Gasteiger charge is -2.15. The van der Waals surface area contributed by atoms with E-state index >= 15 is 0 Å². The van der Waals surface area contributed by atoms with Crippen LogP contribution in [0, 0.1) is 13.8 Å². The Labute approximate surface area is 185 Å². The van der Waals surface area contributed by atoms with Crippen molar-refractivity contribution in [2.45, 2.75) is 39.8 Å². The van der Waals surface area contributed by atoms with Gasteiger partial charge in [-0.2, -0.15) is 0 Å². The van der Waals surface area contributed by atoms with E-state index in [4.69, 9.17) is 10.2 Å². The lowest BCUT2D eigenvalue weighted by molar-refractivity contribution is -0.139. The molecule has 10 heteroatoms. The number of urea groups is 2. The van der Waals surface area contributed by atoms with E-state index in [0.29, 0.717) is 11.4 Å². The first-order chi connectivity index (χ1) is 15.0. The van der Waals surface area contributed by atoms with Gasteiger partial charge >= 0.3 is 24.0 Å². The van der Waals surface area contributed by atoms with Gasteiger partial charge in [-0.05, 0) is 74.2 Å². The highest BCUT2D eigenvalue weighted by atomic mass is 16.4. The Bertz CT molecular complexity index is 969. The number of carbonyl (C=O) groups excluding carboxylic acids is 2. The van der Waals surface area contributed by atoms with Gasteiger partial charge in [0.25, 0.3) is 0 Å². The standard InChI is InChI=1S/C22H26N4O6/c1-11-9-15(5-7-17(11)25-21(31)23-13(3)19(27)28)16-6-8-18(12(2)10-16)26-22(32)24-14(4)20(29)30/h5-10,13-14H,1-4H3,(H,27,28)(H,29,30)(H2,23,25,31)(H2,24,26,32)/t13-,14-/m0/s1. The van der Waals surface area contributed by atoms with Gasteiger partial charge in [0.15, 0.2) is 0 Å². The summed E-state index contributed by atoms with van der Waals surface area (Å²) in [6, 6.07) is 7.56. The summed E-state index contributed by atoms with van der Waals surface area (Å²) < 4.78 is 0. The quantitative estimate of drug-likeness (QED) is 0.387. The minimum absolute atomic E-state index is 0.545. The number of rotatable bonds is 7. The number of aryl methyl sites for hydroxylation is 2. The fourth-order valence-corrected chi connectivity index (χ4v) is 2.80. The van der Waals surface area contributed by atoms with Crippen molar-refractivity contribution in [3.63, 3.8) is 0 Å². The van der Waals surface area contributed by atoms with Crippen molar-refractivity contribution in [2.24, 2.45) is 0 Å². The highest BCUT2D eigenvalue weighted by Crippen LogP contribution is 2.28. The molecule has 2 atom stereocenters. The molecule has 0 fully saturated rings. The molecule has 170 valence electrons. The molecule has 0 saturated carbocycles. The van der Waals surface area contributed by atoms with Crippen LogP contribution in [0.25, 0.3) is 11.1 Å². The number of carbonyl (C=O) groups is 4. The second-order valence-corrected chi connectivity index (χ2v) is 7.38. The summed E-state index contributed by atoms with van der Waals surface area (Å²) in [6.07, 6.45) is 0. The average Bonchev–Trinajstić information content (AvgIpc) is 2.70. The van der Waals surface area contributed by atoms with Crippen LogP contribution in [0.15, 0.2) is 36.4 Å². The Morgan fingerprint density at radius 2 is 1.03 bits per heavy atom. The van der Waals surface area contributed by atoms with Gasteiger partial charge in [-0.1, -0.05) is 12.1 Å². The third-order valence-electron chi connectivity index (χ3n) is 4.72. The normalized spacial score (nSPS) is 12.2. The molecule has 0 aliphatic rings. The average molecular weight is 442 g/mol. The molecule has 0 aliphatic heterocycles. The lowest BCUT2D eigenvalue weighted by Crippen LogP contribution is -2.40. The molecule has 2 rings (SSSR count). The Morgan fingerprint density at radius 1 is 0.688 bits per heavy atom. The van der Waals surface area contributed by atoms with E-state index < -0.39 is 36.1 Å². The van der Waals surface area contributed by atoms with Gasteiger partial charge in [-0.15, -0.1) is 0 Å². The number of aliphatic carboxylic acids is 2. The summed E-state index contributed by atoms with van der Waals surface area (Å²) in [4.78, 5) is 45.6. The van der Waals surface area contributed by atoms with Crippen LogP contribution < -0.4 is 21.3 Å². The van der Waals surface area contributed by atoms with Gasteiger partial charge in [0.2, 0.25) is 0 Å². The Balaban J connectivity index is 2.10. The number of hydrogen-bond donors (Lipinski definition) is 6. The summed E-state index contributed by atoms with van der Waals surface area (Å²) in [7, 11) is 0. The van der Waals surface area contributed by atoms with E-state index in [2.05, 4.69) is 21.3 Å². The van der Waals surface area contributed by atoms with Crippen LogP contribution in [-0.4, -0.2) is 46.3 Å². The van der Waals surface area contributed by atoms with Crippen molar-refractivity contribution in [2.75, 3.05) is 10.6 Å². The molecule has 2 aromatic rings. The van der Waals surface area contributed by atoms with Crippen molar-refractivity contribution in [1.82, 2.24) is 10.6 Å². The molecule has 4 amide bonds. The van der Waals surface area contributed by atoms with E-state index in [1.54, 1.807) is 12.1 Å². The molecule has 0 bridgehead atoms.